The van der Waals surface area contributed by atoms with Gasteiger partial charge in [-0.3, -0.25) is 0 Å². The molecule has 1 nitrogen and oxygen atoms in total. The fourth-order valence-electron chi connectivity index (χ4n) is 2.84. The Bertz CT molecular complexity index is 348. The molecule has 0 amide bonds. The summed E-state index contributed by atoms with van der Waals surface area (Å²) in [5.41, 5.74) is 3.16. The summed E-state index contributed by atoms with van der Waals surface area (Å²) in [6, 6.07) is 9.17. The number of hydrogen-bond acceptors (Lipinski definition) is 1. The zero-order chi connectivity index (χ0) is 12.1. The van der Waals surface area contributed by atoms with Crippen molar-refractivity contribution >= 4 is 0 Å². The summed E-state index contributed by atoms with van der Waals surface area (Å²) < 4.78 is 0. The van der Waals surface area contributed by atoms with Crippen molar-refractivity contribution in [3.63, 3.8) is 0 Å². The zero-order valence-corrected chi connectivity index (χ0v) is 11.3. The minimum atomic E-state index is 0.195. The third-order valence-electron chi connectivity index (χ3n) is 3.97. The number of nitrogens with one attached hydrogen (secondary N) is 1. The lowest BCUT2D eigenvalue weighted by Gasteiger charge is -2.30. The van der Waals surface area contributed by atoms with Crippen molar-refractivity contribution < 1.29 is 0 Å². The molecule has 1 N–H and O–H groups in total. The highest BCUT2D eigenvalue weighted by Crippen LogP contribution is 2.29. The normalized spacial score (nSPS) is 25.5. The van der Waals surface area contributed by atoms with Gasteiger partial charge in [-0.05, 0) is 43.9 Å². The predicted octanol–water partition coefficient (Wildman–Crippen LogP) is 4.02. The van der Waals surface area contributed by atoms with E-state index in [9.17, 15) is 0 Å². The maximum atomic E-state index is 3.74. The molecule has 0 spiro atoms. The topological polar surface area (TPSA) is 12.0 Å². The number of rotatable bonds is 3. The van der Waals surface area contributed by atoms with E-state index in [2.05, 4.69) is 43.4 Å². The van der Waals surface area contributed by atoms with Gasteiger partial charge in [0.05, 0.1) is 0 Å². The lowest BCUT2D eigenvalue weighted by molar-refractivity contribution is 0.359. The summed E-state index contributed by atoms with van der Waals surface area (Å²) in [7, 11) is 0. The van der Waals surface area contributed by atoms with E-state index in [1.54, 1.807) is 0 Å². The van der Waals surface area contributed by atoms with Crippen LogP contribution in [0.15, 0.2) is 24.3 Å². The van der Waals surface area contributed by atoms with Crippen molar-refractivity contribution in [2.24, 2.45) is 0 Å². The monoisotopic (exact) mass is 231 g/mol. The van der Waals surface area contributed by atoms with E-state index in [-0.39, 0.29) is 5.54 Å². The summed E-state index contributed by atoms with van der Waals surface area (Å²) in [5, 5.41) is 3.74. The Balaban J connectivity index is 2.21. The summed E-state index contributed by atoms with van der Waals surface area (Å²) in [4.78, 5) is 0. The molecule has 1 saturated heterocycles. The molecule has 0 aliphatic carbocycles. The van der Waals surface area contributed by atoms with E-state index in [1.807, 2.05) is 0 Å². The summed E-state index contributed by atoms with van der Waals surface area (Å²) in [6.45, 7) is 5.77. The molecule has 0 aromatic heterocycles. The second kappa shape index (κ2) is 5.68. The highest BCUT2D eigenvalue weighted by Gasteiger charge is 2.26. The molecule has 1 heteroatoms. The minimum Gasteiger partial charge on any atom is -0.308 e. The van der Waals surface area contributed by atoms with Gasteiger partial charge in [-0.1, -0.05) is 50.5 Å². The first-order valence-corrected chi connectivity index (χ1v) is 7.09. The van der Waals surface area contributed by atoms with Crippen LogP contribution in [0.5, 0.6) is 0 Å². The molecule has 0 radical (unpaired) electrons. The summed E-state index contributed by atoms with van der Waals surface area (Å²) >= 11 is 0. The first-order chi connectivity index (χ1) is 8.24. The van der Waals surface area contributed by atoms with Gasteiger partial charge >= 0.3 is 0 Å². The smallest absolute Gasteiger partial charge is 0.0406 e. The van der Waals surface area contributed by atoms with Gasteiger partial charge < -0.3 is 5.32 Å². The Morgan fingerprint density at radius 3 is 2.94 bits per heavy atom. The third-order valence-corrected chi connectivity index (χ3v) is 3.97. The van der Waals surface area contributed by atoms with Gasteiger partial charge in [0, 0.05) is 5.54 Å². The Kier molecular flexibility index (Phi) is 4.22. The molecule has 1 heterocycles. The fourth-order valence-corrected chi connectivity index (χ4v) is 2.84. The van der Waals surface area contributed by atoms with E-state index in [0.29, 0.717) is 0 Å². The molecule has 1 fully saturated rings. The molecular weight excluding hydrogens is 206 g/mol. The van der Waals surface area contributed by atoms with Crippen molar-refractivity contribution in [1.82, 2.24) is 5.32 Å². The van der Waals surface area contributed by atoms with Gasteiger partial charge in [-0.15, -0.1) is 0 Å². The Morgan fingerprint density at radius 1 is 1.24 bits per heavy atom. The third kappa shape index (κ3) is 3.10. The van der Waals surface area contributed by atoms with E-state index in [1.165, 1.54) is 49.7 Å². The maximum absolute atomic E-state index is 3.74. The van der Waals surface area contributed by atoms with Crippen molar-refractivity contribution in [2.45, 2.75) is 57.9 Å². The quantitative estimate of drug-likeness (QED) is 0.828. The van der Waals surface area contributed by atoms with E-state index in [4.69, 9.17) is 0 Å². The highest BCUT2D eigenvalue weighted by molar-refractivity contribution is 5.29. The van der Waals surface area contributed by atoms with Gasteiger partial charge in [0.15, 0.2) is 0 Å². The van der Waals surface area contributed by atoms with Gasteiger partial charge in [-0.2, -0.15) is 0 Å². The second-order valence-electron chi connectivity index (χ2n) is 5.52. The molecule has 2 rings (SSSR count). The average molecular weight is 231 g/mol. The standard InChI is InChI=1S/C16H25N/c1-3-8-14-9-7-10-15(13-14)16(2)11-5-4-6-12-17-16/h7,9-10,13,17H,3-6,8,11-12H2,1-2H3. The van der Waals surface area contributed by atoms with Crippen LogP contribution >= 0.6 is 0 Å². The van der Waals surface area contributed by atoms with E-state index < -0.39 is 0 Å². The number of benzene rings is 1. The molecular formula is C16H25N. The average Bonchev–Trinajstić information content (AvgIpc) is 2.56. The Labute approximate surface area is 106 Å². The van der Waals surface area contributed by atoms with Crippen LogP contribution in [-0.2, 0) is 12.0 Å². The second-order valence-corrected chi connectivity index (χ2v) is 5.52. The highest BCUT2D eigenvalue weighted by atomic mass is 15.0. The largest absolute Gasteiger partial charge is 0.308 e. The molecule has 1 aromatic rings. The molecule has 1 aliphatic heterocycles. The van der Waals surface area contributed by atoms with Gasteiger partial charge in [0.1, 0.15) is 0 Å². The van der Waals surface area contributed by atoms with Crippen LogP contribution in [0, 0.1) is 0 Å². The zero-order valence-electron chi connectivity index (χ0n) is 11.3. The molecule has 1 unspecified atom stereocenters. The van der Waals surface area contributed by atoms with Crippen molar-refractivity contribution in [3.8, 4) is 0 Å². The first kappa shape index (κ1) is 12.6. The minimum absolute atomic E-state index is 0.195. The molecule has 94 valence electrons. The van der Waals surface area contributed by atoms with Gasteiger partial charge in [0.25, 0.3) is 0 Å². The molecule has 1 atom stereocenters. The number of hydrogen-bond donors (Lipinski definition) is 1. The molecule has 0 saturated carbocycles. The predicted molar refractivity (Wildman–Crippen MR) is 74.3 cm³/mol. The first-order valence-electron chi connectivity index (χ1n) is 7.09. The SMILES string of the molecule is CCCc1cccc(C2(C)CCCCCN2)c1. The summed E-state index contributed by atoms with van der Waals surface area (Å²) in [6.07, 6.45) is 7.74. The molecule has 1 aliphatic rings. The van der Waals surface area contributed by atoms with Crippen molar-refractivity contribution in [2.75, 3.05) is 6.54 Å². The fraction of sp³-hybridized carbons (Fsp3) is 0.625. The van der Waals surface area contributed by atoms with Gasteiger partial charge in [-0.25, -0.2) is 0 Å². The van der Waals surface area contributed by atoms with Crippen LogP contribution in [0.1, 0.15) is 57.1 Å². The lowest BCUT2D eigenvalue weighted by atomic mass is 9.86. The van der Waals surface area contributed by atoms with Gasteiger partial charge in [0.2, 0.25) is 0 Å². The number of aryl methyl sites for hydroxylation is 1. The van der Waals surface area contributed by atoms with E-state index in [0.717, 1.165) is 6.54 Å². The molecule has 0 bridgehead atoms. The van der Waals surface area contributed by atoms with Crippen molar-refractivity contribution in [3.05, 3.63) is 35.4 Å². The Hall–Kier alpha value is -0.820. The van der Waals surface area contributed by atoms with Crippen LogP contribution in [0.3, 0.4) is 0 Å². The lowest BCUT2D eigenvalue weighted by Crippen LogP contribution is -2.38. The van der Waals surface area contributed by atoms with Crippen LogP contribution < -0.4 is 5.32 Å². The van der Waals surface area contributed by atoms with Crippen LogP contribution in [0.2, 0.25) is 0 Å². The van der Waals surface area contributed by atoms with Crippen molar-refractivity contribution in [1.29, 1.82) is 0 Å². The Morgan fingerprint density at radius 2 is 2.12 bits per heavy atom. The van der Waals surface area contributed by atoms with Crippen LogP contribution in [0.4, 0.5) is 0 Å². The maximum Gasteiger partial charge on any atom is 0.0406 e. The van der Waals surface area contributed by atoms with Crippen LogP contribution in [-0.4, -0.2) is 6.54 Å². The molecule has 1 aromatic carbocycles. The molecule has 17 heavy (non-hydrogen) atoms. The van der Waals surface area contributed by atoms with Crippen LogP contribution in [0.25, 0.3) is 0 Å². The van der Waals surface area contributed by atoms with E-state index >= 15 is 0 Å². The summed E-state index contributed by atoms with van der Waals surface area (Å²) in [5.74, 6) is 0.